The Morgan fingerprint density at radius 1 is 1.29 bits per heavy atom. The van der Waals surface area contributed by atoms with Crippen molar-refractivity contribution in [3.05, 3.63) is 35.9 Å². The molecule has 0 aliphatic heterocycles. The molecule has 0 radical (unpaired) electrons. The number of carbonyl (C=O) groups is 1. The molecular weight excluding hydrogens is 178 g/mol. The lowest BCUT2D eigenvalue weighted by Gasteiger charge is -2.20. The first-order valence-electron chi connectivity index (χ1n) is 4.62. The van der Waals surface area contributed by atoms with Gasteiger partial charge in [0.25, 0.3) is 0 Å². The summed E-state index contributed by atoms with van der Waals surface area (Å²) in [4.78, 5) is 10.7. The maximum atomic E-state index is 10.7. The zero-order chi connectivity index (χ0) is 10.6. The van der Waals surface area contributed by atoms with Gasteiger partial charge in [-0.25, -0.2) is 4.79 Å². The van der Waals surface area contributed by atoms with Crippen molar-refractivity contribution < 1.29 is 9.53 Å². The van der Waals surface area contributed by atoms with E-state index >= 15 is 0 Å². The summed E-state index contributed by atoms with van der Waals surface area (Å²) in [7, 11) is 0. The van der Waals surface area contributed by atoms with Crippen molar-refractivity contribution in [2.45, 2.75) is 20.0 Å². The SMILES string of the molecule is CC(C)[C@H](OC(N)=O)c1ccccc1. The summed E-state index contributed by atoms with van der Waals surface area (Å²) in [5.41, 5.74) is 5.98. The number of ether oxygens (including phenoxy) is 1. The third-order valence-corrected chi connectivity index (χ3v) is 1.98. The third-order valence-electron chi connectivity index (χ3n) is 1.98. The van der Waals surface area contributed by atoms with Gasteiger partial charge in [0.1, 0.15) is 6.10 Å². The number of hydrogen-bond acceptors (Lipinski definition) is 2. The van der Waals surface area contributed by atoms with Gasteiger partial charge in [0.15, 0.2) is 0 Å². The molecule has 0 unspecified atom stereocenters. The molecule has 0 aliphatic carbocycles. The molecule has 14 heavy (non-hydrogen) atoms. The highest BCUT2D eigenvalue weighted by atomic mass is 16.6. The zero-order valence-electron chi connectivity index (χ0n) is 8.44. The molecule has 0 saturated heterocycles. The molecule has 0 bridgehead atoms. The number of amides is 1. The number of carbonyl (C=O) groups excluding carboxylic acids is 1. The maximum Gasteiger partial charge on any atom is 0.405 e. The molecule has 3 heteroatoms. The topological polar surface area (TPSA) is 52.3 Å². The molecule has 3 nitrogen and oxygen atoms in total. The molecule has 0 aliphatic rings. The summed E-state index contributed by atoms with van der Waals surface area (Å²) in [5.74, 6) is 0.213. The van der Waals surface area contributed by atoms with E-state index in [1.165, 1.54) is 0 Å². The lowest BCUT2D eigenvalue weighted by Crippen LogP contribution is -2.20. The summed E-state index contributed by atoms with van der Waals surface area (Å²) >= 11 is 0. The Kier molecular flexibility index (Phi) is 3.51. The minimum absolute atomic E-state index is 0.213. The maximum absolute atomic E-state index is 10.7. The lowest BCUT2D eigenvalue weighted by atomic mass is 9.99. The normalized spacial score (nSPS) is 12.5. The van der Waals surface area contributed by atoms with Gasteiger partial charge < -0.3 is 10.5 Å². The van der Waals surface area contributed by atoms with E-state index in [-0.39, 0.29) is 12.0 Å². The highest BCUT2D eigenvalue weighted by molar-refractivity contribution is 5.65. The minimum Gasteiger partial charge on any atom is -0.441 e. The smallest absolute Gasteiger partial charge is 0.405 e. The van der Waals surface area contributed by atoms with Gasteiger partial charge in [-0.05, 0) is 11.5 Å². The summed E-state index contributed by atoms with van der Waals surface area (Å²) in [5, 5.41) is 0. The Balaban J connectivity index is 2.83. The van der Waals surface area contributed by atoms with E-state index in [4.69, 9.17) is 10.5 Å². The van der Waals surface area contributed by atoms with Gasteiger partial charge in [-0.2, -0.15) is 0 Å². The van der Waals surface area contributed by atoms with Crippen LogP contribution in [0.3, 0.4) is 0 Å². The predicted octanol–water partition coefficient (Wildman–Crippen LogP) is 2.48. The quantitative estimate of drug-likeness (QED) is 0.801. The Morgan fingerprint density at radius 2 is 1.86 bits per heavy atom. The molecule has 1 atom stereocenters. The fourth-order valence-electron chi connectivity index (χ4n) is 1.36. The van der Waals surface area contributed by atoms with E-state index in [1.807, 2.05) is 44.2 Å². The molecule has 1 aromatic rings. The number of rotatable bonds is 3. The van der Waals surface area contributed by atoms with Crippen LogP contribution in [0.4, 0.5) is 4.79 Å². The second-order valence-electron chi connectivity index (χ2n) is 3.51. The first-order valence-corrected chi connectivity index (χ1v) is 4.62. The zero-order valence-corrected chi connectivity index (χ0v) is 8.44. The summed E-state index contributed by atoms with van der Waals surface area (Å²) in [6.45, 7) is 3.97. The number of primary amides is 1. The average Bonchev–Trinajstić information content (AvgIpc) is 2.15. The van der Waals surface area contributed by atoms with Crippen LogP contribution in [0.25, 0.3) is 0 Å². The van der Waals surface area contributed by atoms with Gasteiger partial charge in [-0.1, -0.05) is 44.2 Å². The number of nitrogens with two attached hydrogens (primary N) is 1. The van der Waals surface area contributed by atoms with Crippen molar-refractivity contribution in [1.82, 2.24) is 0 Å². The lowest BCUT2D eigenvalue weighted by molar-refractivity contribution is 0.0784. The summed E-state index contributed by atoms with van der Waals surface area (Å²) in [6, 6.07) is 9.59. The molecule has 2 N–H and O–H groups in total. The summed E-state index contributed by atoms with van der Waals surface area (Å²) in [6.07, 6.45) is -0.985. The Labute approximate surface area is 83.9 Å². The van der Waals surface area contributed by atoms with Gasteiger partial charge in [-0.15, -0.1) is 0 Å². The van der Waals surface area contributed by atoms with Crippen molar-refractivity contribution >= 4 is 6.09 Å². The van der Waals surface area contributed by atoms with Crippen LogP contribution < -0.4 is 5.73 Å². The Hall–Kier alpha value is -1.51. The average molecular weight is 193 g/mol. The largest absolute Gasteiger partial charge is 0.441 e. The van der Waals surface area contributed by atoms with Gasteiger partial charge in [0.05, 0.1) is 0 Å². The van der Waals surface area contributed by atoms with Crippen LogP contribution in [0.15, 0.2) is 30.3 Å². The molecule has 1 aromatic carbocycles. The van der Waals surface area contributed by atoms with Crippen molar-refractivity contribution in [3.63, 3.8) is 0 Å². The van der Waals surface area contributed by atoms with Crippen LogP contribution in [0, 0.1) is 5.92 Å². The van der Waals surface area contributed by atoms with E-state index in [1.54, 1.807) is 0 Å². The van der Waals surface area contributed by atoms with E-state index in [2.05, 4.69) is 0 Å². The van der Waals surface area contributed by atoms with Gasteiger partial charge in [0.2, 0.25) is 0 Å². The fourth-order valence-corrected chi connectivity index (χ4v) is 1.36. The van der Waals surface area contributed by atoms with E-state index < -0.39 is 6.09 Å². The van der Waals surface area contributed by atoms with E-state index in [0.717, 1.165) is 5.56 Å². The molecule has 0 fully saturated rings. The molecule has 0 spiro atoms. The van der Waals surface area contributed by atoms with Crippen molar-refractivity contribution in [3.8, 4) is 0 Å². The Bertz CT molecular complexity index is 295. The molecule has 76 valence electrons. The first-order chi connectivity index (χ1) is 6.61. The molecule has 0 aromatic heterocycles. The van der Waals surface area contributed by atoms with Crippen LogP contribution in [0.5, 0.6) is 0 Å². The molecule has 0 heterocycles. The van der Waals surface area contributed by atoms with Gasteiger partial charge in [0, 0.05) is 0 Å². The monoisotopic (exact) mass is 193 g/mol. The van der Waals surface area contributed by atoms with Gasteiger partial charge in [-0.3, -0.25) is 0 Å². The van der Waals surface area contributed by atoms with Crippen LogP contribution in [-0.4, -0.2) is 6.09 Å². The highest BCUT2D eigenvalue weighted by Crippen LogP contribution is 2.25. The molecule has 1 rings (SSSR count). The van der Waals surface area contributed by atoms with E-state index in [9.17, 15) is 4.79 Å². The van der Waals surface area contributed by atoms with Crippen LogP contribution in [0.1, 0.15) is 25.5 Å². The summed E-state index contributed by atoms with van der Waals surface area (Å²) < 4.78 is 5.04. The van der Waals surface area contributed by atoms with Crippen molar-refractivity contribution in [2.24, 2.45) is 11.7 Å². The highest BCUT2D eigenvalue weighted by Gasteiger charge is 2.18. The Morgan fingerprint density at radius 3 is 2.29 bits per heavy atom. The standard InChI is InChI=1S/C11H15NO2/c1-8(2)10(14-11(12)13)9-6-4-3-5-7-9/h3-8,10H,1-2H3,(H2,12,13)/t10-/m0/s1. The van der Waals surface area contributed by atoms with Crippen LogP contribution in [-0.2, 0) is 4.74 Å². The minimum atomic E-state index is -0.729. The van der Waals surface area contributed by atoms with Crippen molar-refractivity contribution in [1.29, 1.82) is 0 Å². The number of hydrogen-bond donors (Lipinski definition) is 1. The molecule has 1 amide bonds. The predicted molar refractivity (Wildman–Crippen MR) is 54.7 cm³/mol. The second kappa shape index (κ2) is 4.65. The van der Waals surface area contributed by atoms with Gasteiger partial charge >= 0.3 is 6.09 Å². The van der Waals surface area contributed by atoms with Crippen LogP contribution >= 0.6 is 0 Å². The number of benzene rings is 1. The van der Waals surface area contributed by atoms with Crippen LogP contribution in [0.2, 0.25) is 0 Å². The van der Waals surface area contributed by atoms with Crippen molar-refractivity contribution in [2.75, 3.05) is 0 Å². The second-order valence-corrected chi connectivity index (χ2v) is 3.51. The molecule has 0 saturated carbocycles. The fraction of sp³-hybridized carbons (Fsp3) is 0.364. The van der Waals surface area contributed by atoms with E-state index in [0.29, 0.717) is 0 Å². The first kappa shape index (κ1) is 10.6. The molecular formula is C11H15NO2. The third kappa shape index (κ3) is 2.76.